The number of nitrogens with zero attached hydrogens (tertiary/aromatic N) is 2. The summed E-state index contributed by atoms with van der Waals surface area (Å²) < 4.78 is 0. The molecule has 2 rings (SSSR count). The van der Waals surface area contributed by atoms with Gasteiger partial charge in [0.25, 0.3) is 0 Å². The molecule has 0 aliphatic heterocycles. The van der Waals surface area contributed by atoms with Crippen molar-refractivity contribution in [3.05, 3.63) is 58.7 Å². The number of amidine groups is 1. The lowest BCUT2D eigenvalue weighted by molar-refractivity contribution is 0.318. The fourth-order valence-electron chi connectivity index (χ4n) is 2.47. The van der Waals surface area contributed by atoms with Gasteiger partial charge in [-0.1, -0.05) is 17.3 Å². The summed E-state index contributed by atoms with van der Waals surface area (Å²) in [5, 5.41) is 12.1. The van der Waals surface area contributed by atoms with E-state index in [9.17, 15) is 0 Å². The van der Waals surface area contributed by atoms with E-state index in [1.54, 1.807) is 0 Å². The number of anilines is 2. The zero-order chi connectivity index (χ0) is 15.6. The number of aryl methyl sites for hydroxylation is 3. The summed E-state index contributed by atoms with van der Waals surface area (Å²) in [5.41, 5.74) is 12.0. The Morgan fingerprint density at radius 2 is 1.62 bits per heavy atom. The number of nitrogens with two attached hydrogens (primary N) is 1. The highest BCUT2D eigenvalue weighted by Crippen LogP contribution is 2.29. The first-order valence-electron chi connectivity index (χ1n) is 6.83. The van der Waals surface area contributed by atoms with Crippen molar-refractivity contribution in [2.24, 2.45) is 10.9 Å². The van der Waals surface area contributed by atoms with E-state index in [1.807, 2.05) is 32.2 Å². The molecular formula is C17H21N3O. The quantitative estimate of drug-likeness (QED) is 0.392. The van der Waals surface area contributed by atoms with E-state index in [2.05, 4.69) is 42.1 Å². The molecular weight excluding hydrogens is 262 g/mol. The highest BCUT2D eigenvalue weighted by Gasteiger charge is 2.13. The van der Waals surface area contributed by atoms with E-state index < -0.39 is 0 Å². The zero-order valence-electron chi connectivity index (χ0n) is 12.9. The van der Waals surface area contributed by atoms with Gasteiger partial charge in [-0.2, -0.15) is 0 Å². The van der Waals surface area contributed by atoms with Gasteiger partial charge >= 0.3 is 0 Å². The van der Waals surface area contributed by atoms with Gasteiger partial charge < -0.3 is 15.8 Å². The van der Waals surface area contributed by atoms with Gasteiger partial charge in [-0.05, 0) is 61.7 Å². The average molecular weight is 283 g/mol. The molecule has 0 heterocycles. The van der Waals surface area contributed by atoms with E-state index in [-0.39, 0.29) is 5.84 Å². The standard InChI is InChI=1S/C17H21N3O/c1-11-5-6-15(17(18)19-21)16(10-11)20(4)14-8-12(2)7-13(3)9-14/h5-10,21H,1-4H3,(H2,18,19). The van der Waals surface area contributed by atoms with Crippen molar-refractivity contribution in [2.75, 3.05) is 11.9 Å². The smallest absolute Gasteiger partial charge is 0.172 e. The SMILES string of the molecule is Cc1cc(C)cc(N(C)c2cc(C)ccc2C(N)=NO)c1. The molecule has 0 bridgehead atoms. The molecule has 0 aliphatic rings. The van der Waals surface area contributed by atoms with Gasteiger partial charge in [-0.3, -0.25) is 0 Å². The topological polar surface area (TPSA) is 61.8 Å². The fourth-order valence-corrected chi connectivity index (χ4v) is 2.47. The van der Waals surface area contributed by atoms with Crippen molar-refractivity contribution in [3.8, 4) is 0 Å². The molecule has 21 heavy (non-hydrogen) atoms. The molecule has 4 heteroatoms. The molecule has 0 fully saturated rings. The van der Waals surface area contributed by atoms with Gasteiger partial charge in [0.15, 0.2) is 5.84 Å². The molecule has 2 aromatic carbocycles. The predicted molar refractivity (Wildman–Crippen MR) is 87.7 cm³/mol. The Balaban J connectivity index is 2.56. The molecule has 0 saturated heterocycles. The lowest BCUT2D eigenvalue weighted by Crippen LogP contribution is -2.19. The van der Waals surface area contributed by atoms with Crippen LogP contribution in [0.5, 0.6) is 0 Å². The molecule has 0 amide bonds. The minimum absolute atomic E-state index is 0.112. The normalized spacial score (nSPS) is 11.5. The minimum Gasteiger partial charge on any atom is -0.409 e. The van der Waals surface area contributed by atoms with E-state index in [4.69, 9.17) is 10.9 Å². The van der Waals surface area contributed by atoms with Crippen molar-refractivity contribution in [2.45, 2.75) is 20.8 Å². The molecule has 0 saturated carbocycles. The number of benzene rings is 2. The van der Waals surface area contributed by atoms with Crippen molar-refractivity contribution in [1.82, 2.24) is 0 Å². The maximum Gasteiger partial charge on any atom is 0.172 e. The molecule has 0 atom stereocenters. The summed E-state index contributed by atoms with van der Waals surface area (Å²) in [4.78, 5) is 2.06. The Labute approximate surface area is 125 Å². The van der Waals surface area contributed by atoms with Crippen LogP contribution >= 0.6 is 0 Å². The second-order valence-electron chi connectivity index (χ2n) is 5.41. The minimum atomic E-state index is 0.112. The van der Waals surface area contributed by atoms with Crippen LogP contribution in [0.15, 0.2) is 41.6 Å². The van der Waals surface area contributed by atoms with Crippen molar-refractivity contribution in [1.29, 1.82) is 0 Å². The Bertz CT molecular complexity index is 672. The lowest BCUT2D eigenvalue weighted by Gasteiger charge is -2.23. The second-order valence-corrected chi connectivity index (χ2v) is 5.41. The van der Waals surface area contributed by atoms with Crippen LogP contribution in [0.3, 0.4) is 0 Å². The van der Waals surface area contributed by atoms with Gasteiger partial charge in [0.1, 0.15) is 0 Å². The van der Waals surface area contributed by atoms with Gasteiger partial charge in [-0.15, -0.1) is 0 Å². The third kappa shape index (κ3) is 3.16. The highest BCUT2D eigenvalue weighted by molar-refractivity contribution is 6.03. The molecule has 0 spiro atoms. The van der Waals surface area contributed by atoms with E-state index in [0.717, 1.165) is 16.9 Å². The molecule has 110 valence electrons. The van der Waals surface area contributed by atoms with Crippen LogP contribution in [0.25, 0.3) is 0 Å². The van der Waals surface area contributed by atoms with Crippen LogP contribution in [0.4, 0.5) is 11.4 Å². The monoisotopic (exact) mass is 283 g/mol. The first kappa shape index (κ1) is 14.9. The third-order valence-corrected chi connectivity index (χ3v) is 3.49. The predicted octanol–water partition coefficient (Wildman–Crippen LogP) is 3.47. The van der Waals surface area contributed by atoms with Crippen LogP contribution in [0.2, 0.25) is 0 Å². The summed E-state index contributed by atoms with van der Waals surface area (Å²) in [7, 11) is 1.98. The van der Waals surface area contributed by atoms with Gasteiger partial charge in [0.2, 0.25) is 0 Å². The van der Waals surface area contributed by atoms with Gasteiger partial charge in [0.05, 0.1) is 5.69 Å². The van der Waals surface area contributed by atoms with Crippen molar-refractivity contribution < 1.29 is 5.21 Å². The largest absolute Gasteiger partial charge is 0.409 e. The van der Waals surface area contributed by atoms with E-state index in [1.165, 1.54) is 11.1 Å². The molecule has 3 N–H and O–H groups in total. The first-order chi connectivity index (χ1) is 9.92. The zero-order valence-corrected chi connectivity index (χ0v) is 12.9. The maximum absolute atomic E-state index is 8.97. The number of rotatable bonds is 3. The molecule has 0 unspecified atom stereocenters. The van der Waals surface area contributed by atoms with Crippen LogP contribution in [0.1, 0.15) is 22.3 Å². The molecule has 0 aromatic heterocycles. The molecule has 0 radical (unpaired) electrons. The Morgan fingerprint density at radius 1 is 1.00 bits per heavy atom. The van der Waals surface area contributed by atoms with Crippen LogP contribution in [0, 0.1) is 20.8 Å². The maximum atomic E-state index is 8.97. The summed E-state index contributed by atoms with van der Waals surface area (Å²) in [5.74, 6) is 0.112. The molecule has 2 aromatic rings. The van der Waals surface area contributed by atoms with Crippen LogP contribution in [-0.4, -0.2) is 18.1 Å². The second kappa shape index (κ2) is 5.87. The fraction of sp³-hybridized carbons (Fsp3) is 0.235. The first-order valence-corrected chi connectivity index (χ1v) is 6.83. The number of oxime groups is 1. The average Bonchev–Trinajstić information content (AvgIpc) is 2.44. The Hall–Kier alpha value is -2.49. The van der Waals surface area contributed by atoms with Crippen molar-refractivity contribution >= 4 is 17.2 Å². The lowest BCUT2D eigenvalue weighted by atomic mass is 10.1. The van der Waals surface area contributed by atoms with E-state index in [0.29, 0.717) is 5.56 Å². The highest BCUT2D eigenvalue weighted by atomic mass is 16.4. The van der Waals surface area contributed by atoms with Crippen LogP contribution < -0.4 is 10.6 Å². The van der Waals surface area contributed by atoms with Crippen molar-refractivity contribution in [3.63, 3.8) is 0 Å². The molecule has 4 nitrogen and oxygen atoms in total. The Kier molecular flexibility index (Phi) is 4.17. The van der Waals surface area contributed by atoms with E-state index >= 15 is 0 Å². The summed E-state index contributed by atoms with van der Waals surface area (Å²) in [6, 6.07) is 12.2. The van der Waals surface area contributed by atoms with Crippen LogP contribution in [-0.2, 0) is 0 Å². The summed E-state index contributed by atoms with van der Waals surface area (Å²) in [6.07, 6.45) is 0. The van der Waals surface area contributed by atoms with Gasteiger partial charge in [0, 0.05) is 18.3 Å². The third-order valence-electron chi connectivity index (χ3n) is 3.49. The molecule has 0 aliphatic carbocycles. The van der Waals surface area contributed by atoms with Gasteiger partial charge in [-0.25, -0.2) is 0 Å². The summed E-state index contributed by atoms with van der Waals surface area (Å²) in [6.45, 7) is 6.17. The Morgan fingerprint density at radius 3 is 2.19 bits per heavy atom. The number of hydrogen-bond acceptors (Lipinski definition) is 3. The number of hydrogen-bond donors (Lipinski definition) is 2. The summed E-state index contributed by atoms with van der Waals surface area (Å²) >= 11 is 0.